The Kier molecular flexibility index (Phi) is 10.1. The van der Waals surface area contributed by atoms with Crippen molar-refractivity contribution in [1.82, 2.24) is 5.32 Å². The number of rotatable bonds is 9. The lowest BCUT2D eigenvalue weighted by Crippen LogP contribution is -2.27. The van der Waals surface area contributed by atoms with Crippen molar-refractivity contribution < 1.29 is 14.7 Å². The summed E-state index contributed by atoms with van der Waals surface area (Å²) >= 11 is 1.19. The number of hydrogen-bond acceptors (Lipinski definition) is 4. The third-order valence-corrected chi connectivity index (χ3v) is 3.74. The number of hydrogen-bond donors (Lipinski definition) is 2. The first kappa shape index (κ1) is 17.4. The maximum atomic E-state index is 11.7. The van der Waals surface area contributed by atoms with Gasteiger partial charge in [-0.05, 0) is 12.8 Å². The van der Waals surface area contributed by atoms with Crippen LogP contribution in [0.2, 0.25) is 0 Å². The Bertz CT molecular complexity index is 259. The summed E-state index contributed by atoms with van der Waals surface area (Å²) in [6.45, 7) is 6.20. The monoisotopic (exact) mass is 275 g/mol. The number of nitrogens with one attached hydrogen (secondary N) is 1. The van der Waals surface area contributed by atoms with Crippen LogP contribution in [-0.2, 0) is 9.59 Å². The van der Waals surface area contributed by atoms with Crippen molar-refractivity contribution in [3.05, 3.63) is 0 Å². The van der Waals surface area contributed by atoms with E-state index < -0.39 is 6.10 Å². The zero-order valence-corrected chi connectivity index (χ0v) is 12.4. The summed E-state index contributed by atoms with van der Waals surface area (Å²) < 4.78 is 0. The summed E-state index contributed by atoms with van der Waals surface area (Å²) in [4.78, 5) is 22.9. The second-order valence-electron chi connectivity index (χ2n) is 4.41. The van der Waals surface area contributed by atoms with Crippen molar-refractivity contribution in [3.8, 4) is 0 Å². The highest BCUT2D eigenvalue weighted by Gasteiger charge is 2.21. The lowest BCUT2D eigenvalue weighted by molar-refractivity contribution is -0.121. The topological polar surface area (TPSA) is 66.4 Å². The molecule has 4 nitrogen and oxygen atoms in total. The third-order valence-electron chi connectivity index (χ3n) is 2.68. The number of carbonyl (C=O) groups excluding carboxylic acids is 2. The van der Waals surface area contributed by atoms with Crippen molar-refractivity contribution in [3.63, 3.8) is 0 Å². The van der Waals surface area contributed by atoms with Crippen LogP contribution in [0.15, 0.2) is 0 Å². The molecule has 0 aliphatic carbocycles. The first-order valence-electron chi connectivity index (χ1n) is 6.64. The number of aliphatic hydroxyl groups excluding tert-OH is 1. The van der Waals surface area contributed by atoms with Gasteiger partial charge in [0.1, 0.15) is 0 Å². The van der Waals surface area contributed by atoms with Gasteiger partial charge in [-0.15, -0.1) is 0 Å². The van der Waals surface area contributed by atoms with Crippen LogP contribution in [0.3, 0.4) is 0 Å². The molecule has 0 spiro atoms. The molecule has 0 saturated heterocycles. The van der Waals surface area contributed by atoms with Gasteiger partial charge < -0.3 is 10.4 Å². The van der Waals surface area contributed by atoms with Crippen molar-refractivity contribution in [2.45, 2.75) is 52.6 Å². The molecule has 0 heterocycles. The van der Waals surface area contributed by atoms with E-state index in [4.69, 9.17) is 0 Å². The summed E-state index contributed by atoms with van der Waals surface area (Å²) in [6.07, 6.45) is 2.34. The first-order valence-corrected chi connectivity index (χ1v) is 7.62. The highest BCUT2D eigenvalue weighted by Crippen LogP contribution is 2.17. The standard InChI is InChI=1S/C13H25NO3S/c1-4-6-11(15)10(3)13(17)18-9-8-14-12(16)7-5-2/h10-11,15H,4-9H2,1-3H3,(H,14,16). The van der Waals surface area contributed by atoms with E-state index in [0.29, 0.717) is 25.1 Å². The zero-order valence-electron chi connectivity index (χ0n) is 11.6. The van der Waals surface area contributed by atoms with Crippen LogP contribution >= 0.6 is 11.8 Å². The zero-order chi connectivity index (χ0) is 14.0. The van der Waals surface area contributed by atoms with Gasteiger partial charge in [-0.3, -0.25) is 9.59 Å². The second-order valence-corrected chi connectivity index (χ2v) is 5.51. The van der Waals surface area contributed by atoms with E-state index >= 15 is 0 Å². The van der Waals surface area contributed by atoms with Crippen molar-refractivity contribution in [1.29, 1.82) is 0 Å². The van der Waals surface area contributed by atoms with Crippen molar-refractivity contribution >= 4 is 22.8 Å². The average molecular weight is 275 g/mol. The fraction of sp³-hybridized carbons (Fsp3) is 0.846. The Hall–Kier alpha value is -0.550. The minimum atomic E-state index is -0.551. The number of thioether (sulfide) groups is 1. The molecule has 0 saturated carbocycles. The predicted molar refractivity (Wildman–Crippen MR) is 75.5 cm³/mol. The van der Waals surface area contributed by atoms with Crippen LogP contribution in [0.25, 0.3) is 0 Å². The Labute approximate surface area is 114 Å². The van der Waals surface area contributed by atoms with Gasteiger partial charge in [0.2, 0.25) is 5.91 Å². The molecule has 0 rings (SSSR count). The minimum absolute atomic E-state index is 0.000639. The molecule has 0 aliphatic rings. The predicted octanol–water partition coefficient (Wildman–Crippen LogP) is 1.96. The van der Waals surface area contributed by atoms with E-state index in [1.807, 2.05) is 13.8 Å². The summed E-state index contributed by atoms with van der Waals surface area (Å²) in [6, 6.07) is 0. The van der Waals surface area contributed by atoms with Crippen LogP contribution in [0, 0.1) is 5.92 Å². The Morgan fingerprint density at radius 3 is 2.50 bits per heavy atom. The molecule has 1 amide bonds. The number of carbonyl (C=O) groups is 2. The summed E-state index contributed by atoms with van der Waals surface area (Å²) in [5.41, 5.74) is 0. The quantitative estimate of drug-likeness (QED) is 0.631. The normalized spacial score (nSPS) is 14.0. The number of amides is 1. The van der Waals surface area contributed by atoms with Crippen molar-refractivity contribution in [2.75, 3.05) is 12.3 Å². The molecule has 0 aromatic carbocycles. The molecule has 2 N–H and O–H groups in total. The maximum absolute atomic E-state index is 11.7. The molecule has 0 fully saturated rings. The van der Waals surface area contributed by atoms with Crippen molar-refractivity contribution in [2.24, 2.45) is 5.92 Å². The van der Waals surface area contributed by atoms with Crippen LogP contribution in [0.5, 0.6) is 0 Å². The fourth-order valence-electron chi connectivity index (χ4n) is 1.49. The first-order chi connectivity index (χ1) is 8.52. The molecular weight excluding hydrogens is 250 g/mol. The van der Waals surface area contributed by atoms with Crippen LogP contribution in [0.1, 0.15) is 46.5 Å². The molecule has 0 aliphatic heterocycles. The highest BCUT2D eigenvalue weighted by atomic mass is 32.2. The molecule has 0 radical (unpaired) electrons. The van der Waals surface area contributed by atoms with Gasteiger partial charge in [0.25, 0.3) is 0 Å². The summed E-state index contributed by atoms with van der Waals surface area (Å²) in [5.74, 6) is 0.267. The largest absolute Gasteiger partial charge is 0.392 e. The van der Waals surface area contributed by atoms with Gasteiger partial charge in [0, 0.05) is 18.7 Å². The van der Waals surface area contributed by atoms with Gasteiger partial charge in [-0.25, -0.2) is 0 Å². The fourth-order valence-corrected chi connectivity index (χ4v) is 2.32. The van der Waals surface area contributed by atoms with Gasteiger partial charge in [0.15, 0.2) is 5.12 Å². The van der Waals surface area contributed by atoms with E-state index in [9.17, 15) is 14.7 Å². The average Bonchev–Trinajstić information content (AvgIpc) is 2.34. The summed E-state index contributed by atoms with van der Waals surface area (Å²) in [7, 11) is 0. The van der Waals surface area contributed by atoms with E-state index in [2.05, 4.69) is 5.32 Å². The van der Waals surface area contributed by atoms with E-state index in [-0.39, 0.29) is 16.9 Å². The highest BCUT2D eigenvalue weighted by molar-refractivity contribution is 8.13. The molecule has 0 bridgehead atoms. The molecule has 5 heteroatoms. The smallest absolute Gasteiger partial charge is 0.220 e. The van der Waals surface area contributed by atoms with Crippen LogP contribution < -0.4 is 5.32 Å². The third kappa shape index (κ3) is 7.71. The van der Waals surface area contributed by atoms with Crippen LogP contribution in [0.4, 0.5) is 0 Å². The Morgan fingerprint density at radius 1 is 1.28 bits per heavy atom. The van der Waals surface area contributed by atoms with E-state index in [1.165, 1.54) is 11.8 Å². The molecule has 0 aromatic rings. The van der Waals surface area contributed by atoms with E-state index in [0.717, 1.165) is 12.8 Å². The van der Waals surface area contributed by atoms with Gasteiger partial charge >= 0.3 is 0 Å². The van der Waals surface area contributed by atoms with Gasteiger partial charge in [-0.2, -0.15) is 0 Å². The van der Waals surface area contributed by atoms with Crippen LogP contribution in [-0.4, -0.2) is 34.5 Å². The van der Waals surface area contributed by atoms with Gasteiger partial charge in [-0.1, -0.05) is 39.0 Å². The molecule has 106 valence electrons. The molecule has 18 heavy (non-hydrogen) atoms. The van der Waals surface area contributed by atoms with Gasteiger partial charge in [0.05, 0.1) is 12.0 Å². The maximum Gasteiger partial charge on any atom is 0.220 e. The molecule has 0 aromatic heterocycles. The molecule has 2 atom stereocenters. The second kappa shape index (κ2) is 10.4. The lowest BCUT2D eigenvalue weighted by Gasteiger charge is -2.16. The number of aliphatic hydroxyl groups is 1. The SMILES string of the molecule is CCCC(=O)NCCSC(=O)C(C)C(O)CCC. The molecular formula is C13H25NO3S. The Morgan fingerprint density at radius 2 is 1.94 bits per heavy atom. The van der Waals surface area contributed by atoms with E-state index in [1.54, 1.807) is 6.92 Å². The summed E-state index contributed by atoms with van der Waals surface area (Å²) in [5, 5.41) is 12.5. The lowest BCUT2D eigenvalue weighted by atomic mass is 10.0. The Balaban J connectivity index is 3.73. The molecule has 2 unspecified atom stereocenters. The minimum Gasteiger partial charge on any atom is -0.392 e.